The van der Waals surface area contributed by atoms with Crippen LogP contribution in [0, 0.1) is 10.8 Å². The summed E-state index contributed by atoms with van der Waals surface area (Å²) in [6, 6.07) is 31.5. The predicted octanol–water partition coefficient (Wildman–Crippen LogP) is 10.3. The maximum atomic E-state index is 12.3. The van der Waals surface area contributed by atoms with Gasteiger partial charge >= 0.3 is 6.09 Å². The van der Waals surface area contributed by atoms with Crippen LogP contribution in [-0.4, -0.2) is 78.8 Å². The third-order valence-corrected chi connectivity index (χ3v) is 11.6. The molecule has 4 aliphatic rings. The van der Waals surface area contributed by atoms with Gasteiger partial charge in [-0.05, 0) is 154 Å². The van der Waals surface area contributed by atoms with E-state index in [2.05, 4.69) is 45.4 Å². The van der Waals surface area contributed by atoms with Gasteiger partial charge in [-0.1, -0.05) is 47.5 Å². The normalized spacial score (nSPS) is 19.1. The Bertz CT molecular complexity index is 1870. The number of carbonyl (C=O) groups is 1. The minimum absolute atomic E-state index is 0.184. The Hall–Kier alpha value is -3.79. The number of carbonyl (C=O) groups excluding carboxylic acids is 1. The van der Waals surface area contributed by atoms with Crippen LogP contribution in [0.5, 0.6) is 23.0 Å². The SMILES string of the molecule is CC(C)(C)OC(=O)N1CCC2(CC1)CN(Cc1cccc(Oc3ccc(Cl)cc3)c1)C2.Clc1ccc(Oc2cccc(CN3CC4(CCNCC4)C3)c2)cc1. The summed E-state index contributed by atoms with van der Waals surface area (Å²) in [6.45, 7) is 16.2. The van der Waals surface area contributed by atoms with Gasteiger partial charge in [-0.3, -0.25) is 9.80 Å². The molecule has 4 heterocycles. The first-order valence-corrected chi connectivity index (χ1v) is 20.3. The molecule has 4 saturated heterocycles. The van der Waals surface area contributed by atoms with Crippen LogP contribution in [0.3, 0.4) is 0 Å². The highest BCUT2D eigenvalue weighted by atomic mass is 35.5. The molecule has 0 bridgehead atoms. The van der Waals surface area contributed by atoms with Crippen LogP contribution in [-0.2, 0) is 17.8 Å². The molecule has 8 rings (SSSR count). The monoisotopic (exact) mass is 784 g/mol. The van der Waals surface area contributed by atoms with E-state index in [1.165, 1.54) is 50.1 Å². The highest BCUT2D eigenvalue weighted by molar-refractivity contribution is 6.30. The molecule has 0 aliphatic carbocycles. The van der Waals surface area contributed by atoms with E-state index in [4.69, 9.17) is 37.4 Å². The molecule has 0 aromatic heterocycles. The molecule has 55 heavy (non-hydrogen) atoms. The Labute approximate surface area is 336 Å². The number of amides is 1. The topological polar surface area (TPSA) is 66.5 Å². The van der Waals surface area contributed by atoms with Gasteiger partial charge in [-0.2, -0.15) is 0 Å². The molecule has 292 valence electrons. The third kappa shape index (κ3) is 11.0. The zero-order valence-electron chi connectivity index (χ0n) is 32.4. The lowest BCUT2D eigenvalue weighted by atomic mass is 9.72. The van der Waals surface area contributed by atoms with Crippen molar-refractivity contribution in [3.63, 3.8) is 0 Å². The molecule has 0 unspecified atom stereocenters. The maximum Gasteiger partial charge on any atom is 0.410 e. The largest absolute Gasteiger partial charge is 0.457 e. The van der Waals surface area contributed by atoms with Gasteiger partial charge in [0.2, 0.25) is 0 Å². The van der Waals surface area contributed by atoms with Gasteiger partial charge in [-0.25, -0.2) is 4.79 Å². The van der Waals surface area contributed by atoms with E-state index in [9.17, 15) is 4.79 Å². The fraction of sp³-hybridized carbons (Fsp3) is 0.444. The maximum absolute atomic E-state index is 12.3. The predicted molar refractivity (Wildman–Crippen MR) is 221 cm³/mol. The number of piperidine rings is 2. The van der Waals surface area contributed by atoms with Crippen molar-refractivity contribution in [3.8, 4) is 23.0 Å². The number of nitrogens with zero attached hydrogens (tertiary/aromatic N) is 3. The van der Waals surface area contributed by atoms with Crippen LogP contribution < -0.4 is 14.8 Å². The molecule has 0 radical (unpaired) electrons. The lowest BCUT2D eigenvalue weighted by molar-refractivity contribution is -0.0550. The molecule has 4 aliphatic heterocycles. The van der Waals surface area contributed by atoms with Crippen LogP contribution in [0.4, 0.5) is 4.79 Å². The quantitative estimate of drug-likeness (QED) is 0.191. The van der Waals surface area contributed by atoms with Crippen molar-refractivity contribution in [2.24, 2.45) is 10.8 Å². The molecule has 0 atom stereocenters. The standard InChI is InChI=1S/C25H31ClN2O3.C20H23ClN2O/c1-24(2,3)31-23(29)28-13-11-25(12-14-28)17-27(18-25)16-19-5-4-6-22(15-19)30-21-9-7-20(26)8-10-21;21-17-4-6-18(7-5-17)24-19-3-1-2-16(12-19)13-23-14-20(15-23)8-10-22-11-9-20/h4-10,15H,11-14,16-18H2,1-3H3;1-7,12,22H,8-11,13-15H2. The Morgan fingerprint density at radius 2 is 1.07 bits per heavy atom. The zero-order chi connectivity index (χ0) is 38.5. The summed E-state index contributed by atoms with van der Waals surface area (Å²) in [5, 5.41) is 4.89. The number of hydrogen-bond acceptors (Lipinski definition) is 7. The van der Waals surface area contributed by atoms with Crippen LogP contribution in [0.1, 0.15) is 57.6 Å². The van der Waals surface area contributed by atoms with Crippen molar-refractivity contribution in [1.29, 1.82) is 0 Å². The average molecular weight is 786 g/mol. The number of rotatable bonds is 8. The van der Waals surface area contributed by atoms with Gasteiger partial charge in [0.05, 0.1) is 0 Å². The summed E-state index contributed by atoms with van der Waals surface area (Å²) in [6.07, 6.45) is 4.55. The second kappa shape index (κ2) is 17.1. The molecule has 8 nitrogen and oxygen atoms in total. The van der Waals surface area contributed by atoms with E-state index >= 15 is 0 Å². The molecule has 4 aromatic rings. The Balaban J connectivity index is 0.000000174. The first kappa shape index (κ1) is 39.4. The Morgan fingerprint density at radius 3 is 1.51 bits per heavy atom. The van der Waals surface area contributed by atoms with E-state index in [0.717, 1.165) is 80.1 Å². The van der Waals surface area contributed by atoms with Crippen molar-refractivity contribution >= 4 is 29.3 Å². The van der Waals surface area contributed by atoms with Gasteiger partial charge in [-0.15, -0.1) is 0 Å². The fourth-order valence-electron chi connectivity index (χ4n) is 8.32. The zero-order valence-corrected chi connectivity index (χ0v) is 33.9. The first-order chi connectivity index (χ1) is 26.4. The minimum Gasteiger partial charge on any atom is -0.457 e. The number of benzene rings is 4. The first-order valence-electron chi connectivity index (χ1n) is 19.6. The molecule has 2 spiro atoms. The average Bonchev–Trinajstić information content (AvgIpc) is 3.13. The van der Waals surface area contributed by atoms with E-state index < -0.39 is 5.60 Å². The fourth-order valence-corrected chi connectivity index (χ4v) is 8.57. The summed E-state index contributed by atoms with van der Waals surface area (Å²) in [5.74, 6) is 3.31. The molecular weight excluding hydrogens is 731 g/mol. The molecule has 10 heteroatoms. The second-order valence-electron chi connectivity index (χ2n) is 16.9. The van der Waals surface area contributed by atoms with Crippen molar-refractivity contribution in [3.05, 3.63) is 118 Å². The summed E-state index contributed by atoms with van der Waals surface area (Å²) in [7, 11) is 0. The number of nitrogens with one attached hydrogen (secondary N) is 1. The number of likely N-dealkylation sites (tertiary alicyclic amines) is 3. The summed E-state index contributed by atoms with van der Waals surface area (Å²) >= 11 is 11.9. The smallest absolute Gasteiger partial charge is 0.410 e. The van der Waals surface area contributed by atoms with Crippen molar-refractivity contribution < 1.29 is 19.0 Å². The van der Waals surface area contributed by atoms with Crippen molar-refractivity contribution in [2.75, 3.05) is 52.4 Å². The Kier molecular flexibility index (Phi) is 12.3. The molecule has 4 aromatic carbocycles. The highest BCUT2D eigenvalue weighted by Gasteiger charge is 2.46. The van der Waals surface area contributed by atoms with Crippen LogP contribution in [0.15, 0.2) is 97.1 Å². The van der Waals surface area contributed by atoms with E-state index in [-0.39, 0.29) is 6.09 Å². The summed E-state index contributed by atoms with van der Waals surface area (Å²) in [4.78, 5) is 19.2. The van der Waals surface area contributed by atoms with Crippen molar-refractivity contribution in [1.82, 2.24) is 20.0 Å². The van der Waals surface area contributed by atoms with Gasteiger partial charge in [0.25, 0.3) is 0 Å². The van der Waals surface area contributed by atoms with Gasteiger partial charge in [0, 0.05) is 62.4 Å². The molecule has 1 N–H and O–H groups in total. The number of hydrogen-bond donors (Lipinski definition) is 1. The van der Waals surface area contributed by atoms with E-state index in [1.807, 2.05) is 92.4 Å². The third-order valence-electron chi connectivity index (χ3n) is 11.1. The van der Waals surface area contributed by atoms with Crippen LogP contribution in [0.2, 0.25) is 10.0 Å². The van der Waals surface area contributed by atoms with Crippen LogP contribution >= 0.6 is 23.2 Å². The molecular formula is C45H54Cl2N4O4. The summed E-state index contributed by atoms with van der Waals surface area (Å²) < 4.78 is 17.4. The summed E-state index contributed by atoms with van der Waals surface area (Å²) in [5.41, 5.74) is 3.04. The number of ether oxygens (including phenoxy) is 3. The lowest BCUT2D eigenvalue weighted by Crippen LogP contribution is -2.60. The van der Waals surface area contributed by atoms with Gasteiger partial charge < -0.3 is 24.4 Å². The highest BCUT2D eigenvalue weighted by Crippen LogP contribution is 2.42. The molecule has 0 saturated carbocycles. The molecule has 4 fully saturated rings. The van der Waals surface area contributed by atoms with Crippen LogP contribution in [0.25, 0.3) is 0 Å². The van der Waals surface area contributed by atoms with E-state index in [0.29, 0.717) is 15.9 Å². The Morgan fingerprint density at radius 1 is 0.636 bits per heavy atom. The van der Waals surface area contributed by atoms with Gasteiger partial charge in [0.15, 0.2) is 0 Å². The lowest BCUT2D eigenvalue weighted by Gasteiger charge is -2.54. The minimum atomic E-state index is -0.439. The van der Waals surface area contributed by atoms with Crippen molar-refractivity contribution in [2.45, 2.75) is 65.1 Å². The van der Waals surface area contributed by atoms with Gasteiger partial charge in [0.1, 0.15) is 28.6 Å². The molecule has 1 amide bonds. The number of halogens is 2. The van der Waals surface area contributed by atoms with E-state index in [1.54, 1.807) is 0 Å². The second-order valence-corrected chi connectivity index (χ2v) is 17.8.